The number of nitrogens with zero attached hydrogens (tertiary/aromatic N) is 1. The molecule has 1 amide bonds. The van der Waals surface area contributed by atoms with Crippen LogP contribution in [0.5, 0.6) is 17.2 Å². The van der Waals surface area contributed by atoms with E-state index in [0.29, 0.717) is 28.4 Å². The molecular formula is C33H37NO6. The number of hydrogen-bond acceptors (Lipinski definition) is 6. The Bertz CT molecular complexity index is 1430. The highest BCUT2D eigenvalue weighted by Gasteiger charge is 2.46. The minimum atomic E-state index is -0.846. The number of methoxy groups -OCH3 is 2. The van der Waals surface area contributed by atoms with Crippen LogP contribution in [0.4, 0.5) is 0 Å². The van der Waals surface area contributed by atoms with Gasteiger partial charge >= 0.3 is 0 Å². The monoisotopic (exact) mass is 543 g/mol. The van der Waals surface area contributed by atoms with E-state index < -0.39 is 17.7 Å². The molecule has 7 nitrogen and oxygen atoms in total. The van der Waals surface area contributed by atoms with Gasteiger partial charge in [0.25, 0.3) is 11.7 Å². The molecule has 210 valence electrons. The number of Topliss-reactive ketones (excluding diaryl/α,β-unsaturated/α-hetero) is 1. The van der Waals surface area contributed by atoms with E-state index in [2.05, 4.69) is 20.8 Å². The lowest BCUT2D eigenvalue weighted by molar-refractivity contribution is -0.140. The van der Waals surface area contributed by atoms with E-state index in [1.165, 1.54) is 12.0 Å². The van der Waals surface area contributed by atoms with Gasteiger partial charge in [0.15, 0.2) is 0 Å². The fraction of sp³-hybridized carbons (Fsp3) is 0.333. The van der Waals surface area contributed by atoms with Gasteiger partial charge in [-0.2, -0.15) is 0 Å². The van der Waals surface area contributed by atoms with Crippen LogP contribution in [0, 0.1) is 0 Å². The van der Waals surface area contributed by atoms with Crippen LogP contribution in [0.1, 0.15) is 62.9 Å². The molecule has 40 heavy (non-hydrogen) atoms. The van der Waals surface area contributed by atoms with E-state index in [-0.39, 0.29) is 29.4 Å². The second-order valence-corrected chi connectivity index (χ2v) is 11.2. The summed E-state index contributed by atoms with van der Waals surface area (Å²) in [5.74, 6) is -0.0272. The lowest BCUT2D eigenvalue weighted by Crippen LogP contribution is -2.29. The Morgan fingerprint density at radius 2 is 1.62 bits per heavy atom. The number of aliphatic hydroxyl groups is 1. The van der Waals surface area contributed by atoms with Crippen LogP contribution in [-0.4, -0.2) is 42.0 Å². The van der Waals surface area contributed by atoms with Gasteiger partial charge in [-0.25, -0.2) is 0 Å². The summed E-state index contributed by atoms with van der Waals surface area (Å²) in [5, 5.41) is 11.8. The molecule has 0 aliphatic carbocycles. The predicted molar refractivity (Wildman–Crippen MR) is 155 cm³/mol. The predicted octanol–water partition coefficient (Wildman–Crippen LogP) is 6.41. The largest absolute Gasteiger partial charge is 0.507 e. The van der Waals surface area contributed by atoms with Crippen molar-refractivity contribution in [1.82, 2.24) is 4.90 Å². The van der Waals surface area contributed by atoms with Gasteiger partial charge in [-0.05, 0) is 72.4 Å². The number of ketones is 1. The number of carbonyl (C=O) groups excluding carboxylic acids is 2. The number of likely N-dealkylation sites (tertiary alicyclic amines) is 1. The highest BCUT2D eigenvalue weighted by molar-refractivity contribution is 6.46. The topological polar surface area (TPSA) is 85.3 Å². The van der Waals surface area contributed by atoms with Crippen LogP contribution < -0.4 is 14.2 Å². The maximum absolute atomic E-state index is 13.6. The fourth-order valence-electron chi connectivity index (χ4n) is 4.85. The van der Waals surface area contributed by atoms with Gasteiger partial charge in [0, 0.05) is 6.54 Å². The van der Waals surface area contributed by atoms with E-state index in [1.807, 2.05) is 62.4 Å². The zero-order chi connectivity index (χ0) is 29.2. The average Bonchev–Trinajstić information content (AvgIpc) is 3.17. The van der Waals surface area contributed by atoms with Gasteiger partial charge in [0.05, 0.1) is 37.5 Å². The molecular weight excluding hydrogens is 506 g/mol. The summed E-state index contributed by atoms with van der Waals surface area (Å²) in [7, 11) is 3.10. The maximum Gasteiger partial charge on any atom is 0.295 e. The number of amides is 1. The van der Waals surface area contributed by atoms with Crippen molar-refractivity contribution in [2.45, 2.75) is 58.7 Å². The summed E-state index contributed by atoms with van der Waals surface area (Å²) in [6.07, 6.45) is -0.0645. The minimum absolute atomic E-state index is 0.00423. The Morgan fingerprint density at radius 1 is 0.925 bits per heavy atom. The molecule has 0 spiro atoms. The van der Waals surface area contributed by atoms with Crippen LogP contribution in [0.3, 0.4) is 0 Å². The van der Waals surface area contributed by atoms with E-state index in [4.69, 9.17) is 14.2 Å². The van der Waals surface area contributed by atoms with Crippen LogP contribution >= 0.6 is 0 Å². The van der Waals surface area contributed by atoms with Crippen molar-refractivity contribution < 1.29 is 28.9 Å². The van der Waals surface area contributed by atoms with E-state index in [9.17, 15) is 14.7 Å². The van der Waals surface area contributed by atoms with Gasteiger partial charge in [-0.15, -0.1) is 0 Å². The highest BCUT2D eigenvalue weighted by atomic mass is 16.5. The Hall–Kier alpha value is -4.26. The molecule has 3 aromatic rings. The summed E-state index contributed by atoms with van der Waals surface area (Å²) >= 11 is 0. The first kappa shape index (κ1) is 28.7. The van der Waals surface area contributed by atoms with Crippen molar-refractivity contribution in [2.24, 2.45) is 0 Å². The van der Waals surface area contributed by atoms with Crippen LogP contribution in [-0.2, 0) is 21.5 Å². The molecule has 3 aromatic carbocycles. The zero-order valence-corrected chi connectivity index (χ0v) is 24.1. The number of benzene rings is 3. The number of hydrogen-bond donors (Lipinski definition) is 1. The van der Waals surface area contributed by atoms with Gasteiger partial charge in [-0.1, -0.05) is 51.1 Å². The third-order valence-electron chi connectivity index (χ3n) is 6.92. The van der Waals surface area contributed by atoms with Gasteiger partial charge in [0.1, 0.15) is 23.0 Å². The molecule has 1 aliphatic rings. The quantitative estimate of drug-likeness (QED) is 0.201. The number of carbonyl (C=O) groups is 2. The van der Waals surface area contributed by atoms with Crippen molar-refractivity contribution in [3.63, 3.8) is 0 Å². The van der Waals surface area contributed by atoms with Crippen LogP contribution in [0.15, 0.2) is 72.3 Å². The lowest BCUT2D eigenvalue weighted by atomic mass is 9.85. The van der Waals surface area contributed by atoms with E-state index in [1.54, 1.807) is 25.3 Å². The second kappa shape index (κ2) is 11.5. The van der Waals surface area contributed by atoms with Crippen molar-refractivity contribution in [3.8, 4) is 17.2 Å². The molecule has 7 heteroatoms. The standard InChI is InChI=1S/C33H37NO6/c1-20(2)40-25-10-8-9-22(17-25)29-28(30(35)26-18-23(33(3,4)5)13-16-27(26)39-7)31(36)32(37)34(29)19-21-11-14-24(38-6)15-12-21/h8-18,20,29,35H,19H2,1-7H3/b30-28+. The average molecular weight is 544 g/mol. The normalized spacial score (nSPS) is 16.9. The van der Waals surface area contributed by atoms with Crippen molar-refractivity contribution in [2.75, 3.05) is 14.2 Å². The summed E-state index contributed by atoms with van der Waals surface area (Å²) < 4.78 is 16.7. The lowest BCUT2D eigenvalue weighted by Gasteiger charge is -2.26. The first-order valence-corrected chi connectivity index (χ1v) is 13.3. The highest BCUT2D eigenvalue weighted by Crippen LogP contribution is 2.43. The van der Waals surface area contributed by atoms with Gasteiger partial charge < -0.3 is 24.2 Å². The van der Waals surface area contributed by atoms with Gasteiger partial charge in [-0.3, -0.25) is 9.59 Å². The summed E-state index contributed by atoms with van der Waals surface area (Å²) in [6, 6.07) is 19.3. The molecule has 4 rings (SSSR count). The molecule has 0 radical (unpaired) electrons. The summed E-state index contributed by atoms with van der Waals surface area (Å²) in [4.78, 5) is 28.7. The molecule has 0 aromatic heterocycles. The number of rotatable bonds is 8. The molecule has 1 aliphatic heterocycles. The first-order valence-electron chi connectivity index (χ1n) is 13.3. The fourth-order valence-corrected chi connectivity index (χ4v) is 4.85. The number of ether oxygens (including phenoxy) is 3. The first-order chi connectivity index (χ1) is 18.9. The smallest absolute Gasteiger partial charge is 0.295 e. The van der Waals surface area contributed by atoms with E-state index >= 15 is 0 Å². The third kappa shape index (κ3) is 5.83. The van der Waals surface area contributed by atoms with E-state index in [0.717, 1.165) is 11.1 Å². The van der Waals surface area contributed by atoms with Crippen LogP contribution in [0.25, 0.3) is 5.76 Å². The van der Waals surface area contributed by atoms with Crippen LogP contribution in [0.2, 0.25) is 0 Å². The maximum atomic E-state index is 13.6. The Morgan fingerprint density at radius 3 is 2.23 bits per heavy atom. The SMILES string of the molecule is COc1ccc(CN2C(=O)C(=O)/C(=C(/O)c3cc(C(C)(C)C)ccc3OC)C2c2cccc(OC(C)C)c2)cc1. The summed E-state index contributed by atoms with van der Waals surface area (Å²) in [6.45, 7) is 10.2. The van der Waals surface area contributed by atoms with Gasteiger partial charge in [0.2, 0.25) is 0 Å². The minimum Gasteiger partial charge on any atom is -0.507 e. The molecule has 1 unspecified atom stereocenters. The summed E-state index contributed by atoms with van der Waals surface area (Å²) in [5.41, 5.74) is 2.56. The Balaban J connectivity index is 1.91. The molecule has 1 heterocycles. The third-order valence-corrected chi connectivity index (χ3v) is 6.92. The molecule has 0 bridgehead atoms. The van der Waals surface area contributed by atoms with Crippen molar-refractivity contribution >= 4 is 17.4 Å². The molecule has 1 N–H and O–H groups in total. The zero-order valence-electron chi connectivity index (χ0n) is 24.1. The molecule has 1 atom stereocenters. The Kier molecular flexibility index (Phi) is 8.24. The molecule has 0 saturated carbocycles. The molecule has 1 saturated heterocycles. The Labute approximate surface area is 236 Å². The number of aliphatic hydroxyl groups excluding tert-OH is 1. The second-order valence-electron chi connectivity index (χ2n) is 11.2. The van der Waals surface area contributed by atoms with Crippen molar-refractivity contribution in [1.29, 1.82) is 0 Å². The van der Waals surface area contributed by atoms with Crippen molar-refractivity contribution in [3.05, 3.63) is 94.6 Å². The molecule has 1 fully saturated rings.